The molecule has 1 aromatic rings. The average molecular weight is 331 g/mol. The molecule has 0 saturated carbocycles. The maximum Gasteiger partial charge on any atom is 0.325 e. The summed E-state index contributed by atoms with van der Waals surface area (Å²) in [5, 5.41) is 11.0. The van der Waals surface area contributed by atoms with Crippen LogP contribution in [0.15, 0.2) is 22.7 Å². The Labute approximate surface area is 119 Å². The summed E-state index contributed by atoms with van der Waals surface area (Å²) in [7, 11) is 1.29. The van der Waals surface area contributed by atoms with Gasteiger partial charge in [-0.3, -0.25) is 14.9 Å². The Balaban J connectivity index is 3.16. The fourth-order valence-electron chi connectivity index (χ4n) is 1.68. The predicted molar refractivity (Wildman–Crippen MR) is 75.3 cm³/mol. The zero-order valence-corrected chi connectivity index (χ0v) is 12.3. The van der Waals surface area contributed by atoms with E-state index in [0.29, 0.717) is 12.2 Å². The number of carbonyl (C=O) groups excluding carboxylic acids is 1. The number of anilines is 1. The van der Waals surface area contributed by atoms with Gasteiger partial charge in [-0.25, -0.2) is 0 Å². The topological polar surface area (TPSA) is 72.7 Å². The molecule has 0 atom stereocenters. The van der Waals surface area contributed by atoms with E-state index in [4.69, 9.17) is 0 Å². The Morgan fingerprint density at radius 3 is 2.74 bits per heavy atom. The minimum absolute atomic E-state index is 0.0123. The van der Waals surface area contributed by atoms with Gasteiger partial charge in [-0.1, -0.05) is 22.9 Å². The van der Waals surface area contributed by atoms with Crippen LogP contribution in [0.5, 0.6) is 0 Å². The molecule has 6 nitrogen and oxygen atoms in total. The molecule has 0 radical (unpaired) electrons. The summed E-state index contributed by atoms with van der Waals surface area (Å²) >= 11 is 3.28. The molecule has 0 N–H and O–H groups in total. The lowest BCUT2D eigenvalue weighted by molar-refractivity contribution is -0.384. The van der Waals surface area contributed by atoms with Crippen molar-refractivity contribution in [1.82, 2.24) is 0 Å². The highest BCUT2D eigenvalue weighted by molar-refractivity contribution is 9.10. The first kappa shape index (κ1) is 15.4. The van der Waals surface area contributed by atoms with Crippen LogP contribution in [0, 0.1) is 10.1 Å². The molecule has 7 heteroatoms. The summed E-state index contributed by atoms with van der Waals surface area (Å²) < 4.78 is 5.34. The third-order valence-corrected chi connectivity index (χ3v) is 3.01. The number of nitrogens with zero attached hydrogens (tertiary/aromatic N) is 2. The molecule has 0 fully saturated rings. The quantitative estimate of drug-likeness (QED) is 0.455. The molecule has 0 bridgehead atoms. The summed E-state index contributed by atoms with van der Waals surface area (Å²) in [4.78, 5) is 23.6. The SMILES string of the molecule is CCCN(CC(=O)OC)c1cc(Br)ccc1[N+](=O)[O-]. The van der Waals surface area contributed by atoms with Crippen LogP contribution in [-0.4, -0.2) is 31.1 Å². The third kappa shape index (κ3) is 4.20. The van der Waals surface area contributed by atoms with Gasteiger partial charge in [-0.05, 0) is 18.6 Å². The Morgan fingerprint density at radius 1 is 1.53 bits per heavy atom. The smallest absolute Gasteiger partial charge is 0.325 e. The Kier molecular flexibility index (Phi) is 5.75. The van der Waals surface area contributed by atoms with Gasteiger partial charge in [0.25, 0.3) is 5.69 Å². The van der Waals surface area contributed by atoms with E-state index in [2.05, 4.69) is 20.7 Å². The third-order valence-electron chi connectivity index (χ3n) is 2.52. The number of hydrogen-bond acceptors (Lipinski definition) is 5. The number of hydrogen-bond donors (Lipinski definition) is 0. The lowest BCUT2D eigenvalue weighted by Crippen LogP contribution is -2.31. The van der Waals surface area contributed by atoms with E-state index < -0.39 is 10.9 Å². The maximum absolute atomic E-state index is 11.4. The fourth-order valence-corrected chi connectivity index (χ4v) is 2.03. The summed E-state index contributed by atoms with van der Waals surface area (Å²) in [6.07, 6.45) is 0.765. The van der Waals surface area contributed by atoms with Crippen LogP contribution in [0.4, 0.5) is 11.4 Å². The first-order valence-corrected chi connectivity index (χ1v) is 6.54. The van der Waals surface area contributed by atoms with E-state index in [9.17, 15) is 14.9 Å². The molecular weight excluding hydrogens is 316 g/mol. The van der Waals surface area contributed by atoms with Gasteiger partial charge in [0.1, 0.15) is 12.2 Å². The number of esters is 1. The Bertz CT molecular complexity index is 479. The molecule has 19 heavy (non-hydrogen) atoms. The molecule has 1 aromatic carbocycles. The van der Waals surface area contributed by atoms with Gasteiger partial charge in [-0.15, -0.1) is 0 Å². The van der Waals surface area contributed by atoms with Gasteiger partial charge >= 0.3 is 5.97 Å². The van der Waals surface area contributed by atoms with Crippen LogP contribution >= 0.6 is 15.9 Å². The second kappa shape index (κ2) is 7.08. The lowest BCUT2D eigenvalue weighted by Gasteiger charge is -2.22. The molecule has 104 valence electrons. The zero-order valence-electron chi connectivity index (χ0n) is 10.8. The van der Waals surface area contributed by atoms with E-state index in [0.717, 1.165) is 10.9 Å². The van der Waals surface area contributed by atoms with Crippen molar-refractivity contribution in [3.63, 3.8) is 0 Å². The molecule has 0 aliphatic carbocycles. The van der Waals surface area contributed by atoms with Crippen molar-refractivity contribution in [3.8, 4) is 0 Å². The Morgan fingerprint density at radius 2 is 2.21 bits per heavy atom. The lowest BCUT2D eigenvalue weighted by atomic mass is 10.2. The van der Waals surface area contributed by atoms with Crippen LogP contribution in [0.1, 0.15) is 13.3 Å². The largest absolute Gasteiger partial charge is 0.468 e. The second-order valence-electron chi connectivity index (χ2n) is 3.89. The van der Waals surface area contributed by atoms with Crippen molar-refractivity contribution in [1.29, 1.82) is 0 Å². The zero-order chi connectivity index (χ0) is 14.4. The number of rotatable bonds is 6. The number of methoxy groups -OCH3 is 1. The second-order valence-corrected chi connectivity index (χ2v) is 4.80. The van der Waals surface area contributed by atoms with Gasteiger partial charge in [0.2, 0.25) is 0 Å². The molecule has 0 aliphatic rings. The van der Waals surface area contributed by atoms with Crippen molar-refractivity contribution < 1.29 is 14.5 Å². The van der Waals surface area contributed by atoms with Crippen molar-refractivity contribution in [3.05, 3.63) is 32.8 Å². The van der Waals surface area contributed by atoms with Gasteiger partial charge in [-0.2, -0.15) is 0 Å². The van der Waals surface area contributed by atoms with E-state index in [1.54, 1.807) is 17.0 Å². The molecular formula is C12H15BrN2O4. The van der Waals surface area contributed by atoms with Gasteiger partial charge < -0.3 is 9.64 Å². The van der Waals surface area contributed by atoms with Crippen molar-refractivity contribution in [2.45, 2.75) is 13.3 Å². The van der Waals surface area contributed by atoms with Gasteiger partial charge in [0, 0.05) is 17.1 Å². The maximum atomic E-state index is 11.4. The standard InChI is InChI=1S/C12H15BrN2O4/c1-3-6-14(8-12(16)19-2)11-7-9(13)4-5-10(11)15(17)18/h4-5,7H,3,6,8H2,1-2H3. The normalized spacial score (nSPS) is 10.1. The predicted octanol–water partition coefficient (Wildman–Crippen LogP) is 2.75. The first-order valence-electron chi connectivity index (χ1n) is 5.75. The summed E-state index contributed by atoms with van der Waals surface area (Å²) in [5.41, 5.74) is 0.382. The molecule has 0 amide bonds. The van der Waals surface area contributed by atoms with E-state index in [1.807, 2.05) is 6.92 Å². The van der Waals surface area contributed by atoms with E-state index in [1.165, 1.54) is 13.2 Å². The van der Waals surface area contributed by atoms with Crippen molar-refractivity contribution in [2.24, 2.45) is 0 Å². The molecule has 0 saturated heterocycles. The highest BCUT2D eigenvalue weighted by Gasteiger charge is 2.21. The van der Waals surface area contributed by atoms with Crippen molar-refractivity contribution >= 4 is 33.3 Å². The molecule has 0 spiro atoms. The van der Waals surface area contributed by atoms with Crippen LogP contribution in [-0.2, 0) is 9.53 Å². The summed E-state index contributed by atoms with van der Waals surface area (Å²) in [6, 6.07) is 4.65. The number of ether oxygens (including phenoxy) is 1. The van der Waals surface area contributed by atoms with Crippen molar-refractivity contribution in [2.75, 3.05) is 25.1 Å². The minimum Gasteiger partial charge on any atom is -0.468 e. The summed E-state index contributed by atoms with van der Waals surface area (Å²) in [6.45, 7) is 2.46. The van der Waals surface area contributed by atoms with Gasteiger partial charge in [0.05, 0.1) is 12.0 Å². The van der Waals surface area contributed by atoms with E-state index in [-0.39, 0.29) is 12.2 Å². The number of nitro groups is 1. The fraction of sp³-hybridized carbons (Fsp3) is 0.417. The number of benzene rings is 1. The molecule has 0 aromatic heterocycles. The molecule has 0 unspecified atom stereocenters. The highest BCUT2D eigenvalue weighted by atomic mass is 79.9. The Hall–Kier alpha value is -1.63. The first-order chi connectivity index (χ1) is 8.99. The average Bonchev–Trinajstić information content (AvgIpc) is 2.37. The summed E-state index contributed by atoms with van der Waals surface area (Å²) in [5.74, 6) is -0.428. The van der Waals surface area contributed by atoms with E-state index >= 15 is 0 Å². The van der Waals surface area contributed by atoms with Crippen LogP contribution in [0.3, 0.4) is 0 Å². The molecule has 0 heterocycles. The van der Waals surface area contributed by atoms with Crippen LogP contribution in [0.25, 0.3) is 0 Å². The highest BCUT2D eigenvalue weighted by Crippen LogP contribution is 2.31. The molecule has 1 rings (SSSR count). The number of halogens is 1. The van der Waals surface area contributed by atoms with Gasteiger partial charge in [0.15, 0.2) is 0 Å². The molecule has 0 aliphatic heterocycles. The van der Waals surface area contributed by atoms with Crippen LogP contribution < -0.4 is 4.90 Å². The van der Waals surface area contributed by atoms with Crippen LogP contribution in [0.2, 0.25) is 0 Å². The number of carbonyl (C=O) groups is 1. The minimum atomic E-state index is -0.457. The number of nitro benzene ring substituents is 1. The monoisotopic (exact) mass is 330 g/mol.